The average molecular weight is 612 g/mol. The Morgan fingerprint density at radius 2 is 1.11 bits per heavy atom. The molecule has 0 aliphatic rings. The van der Waals surface area contributed by atoms with Gasteiger partial charge in [0.05, 0.1) is 0 Å². The van der Waals surface area contributed by atoms with Crippen LogP contribution in [0, 0.1) is 13.8 Å². The van der Waals surface area contributed by atoms with Crippen LogP contribution in [-0.2, 0) is 21.4 Å². The molecule has 0 amide bonds. The quantitative estimate of drug-likeness (QED) is 0.112. The van der Waals surface area contributed by atoms with Gasteiger partial charge in [-0.05, 0) is 32.8 Å². The van der Waals surface area contributed by atoms with E-state index in [-0.39, 0.29) is 0 Å². The predicted octanol–water partition coefficient (Wildman–Crippen LogP) is 8.34. The third-order valence-corrected chi connectivity index (χ3v) is 7.98. The number of carbonyl (C=O) groups excluding carboxylic acids is 3. The van der Waals surface area contributed by atoms with Crippen LogP contribution in [0.4, 0.5) is 4.79 Å². The molecule has 0 aliphatic heterocycles. The van der Waals surface area contributed by atoms with E-state index in [2.05, 4.69) is 6.08 Å². The minimum atomic E-state index is -0.928. The van der Waals surface area contributed by atoms with E-state index in [1.807, 2.05) is 109 Å². The molecule has 0 radical (unpaired) electrons. The van der Waals surface area contributed by atoms with E-state index in [1.54, 1.807) is 0 Å². The lowest BCUT2D eigenvalue weighted by Gasteiger charge is -2.30. The van der Waals surface area contributed by atoms with E-state index in [4.69, 9.17) is 18.9 Å². The molecule has 0 N–H and O–H groups in total. The van der Waals surface area contributed by atoms with Gasteiger partial charge in [0.15, 0.2) is 0 Å². The lowest BCUT2D eigenvalue weighted by molar-refractivity contribution is -0.132. The Labute approximate surface area is 264 Å². The molecule has 0 heterocycles. The van der Waals surface area contributed by atoms with Crippen LogP contribution >= 0.6 is 0 Å². The molecule has 4 rings (SSSR count). The fourth-order valence-electron chi connectivity index (χ4n) is 5.94. The first-order valence-electron chi connectivity index (χ1n) is 14.9. The third-order valence-electron chi connectivity index (χ3n) is 7.98. The normalized spacial score (nSPS) is 11.8. The number of esters is 2. The van der Waals surface area contributed by atoms with Crippen LogP contribution in [0.5, 0.6) is 23.0 Å². The van der Waals surface area contributed by atoms with Crippen molar-refractivity contribution in [3.05, 3.63) is 82.6 Å². The van der Waals surface area contributed by atoms with E-state index in [1.165, 1.54) is 13.8 Å². The second kappa shape index (κ2) is 13.0. The zero-order chi connectivity index (χ0) is 33.2. The van der Waals surface area contributed by atoms with Gasteiger partial charge in [-0.15, -0.1) is 0 Å². The van der Waals surface area contributed by atoms with Gasteiger partial charge in [0.1, 0.15) is 23.0 Å². The van der Waals surface area contributed by atoms with Gasteiger partial charge in [0.2, 0.25) is 0 Å². The molecule has 0 aliphatic carbocycles. The fraction of sp³-hybridized carbons (Fsp3) is 0.324. The summed E-state index contributed by atoms with van der Waals surface area (Å²) in [4.78, 5) is 40.0. The third kappa shape index (κ3) is 6.65. The van der Waals surface area contributed by atoms with Crippen LogP contribution in [-0.4, -0.2) is 37.1 Å². The van der Waals surface area contributed by atoms with Crippen LogP contribution in [0.2, 0.25) is 0 Å². The summed E-state index contributed by atoms with van der Waals surface area (Å²) in [5, 5.41) is 2.48. The van der Waals surface area contributed by atoms with Crippen molar-refractivity contribution in [2.75, 3.05) is 14.1 Å². The number of hydrogen-bond acceptors (Lipinski definition) is 8. The van der Waals surface area contributed by atoms with Crippen molar-refractivity contribution in [2.24, 2.45) is 0 Å². The minimum Gasteiger partial charge on any atom is -0.426 e. The molecule has 0 atom stereocenters. The molecule has 8 heteroatoms. The topological polar surface area (TPSA) is 91.4 Å². The van der Waals surface area contributed by atoms with Gasteiger partial charge >= 0.3 is 18.1 Å². The summed E-state index contributed by atoms with van der Waals surface area (Å²) >= 11 is 0. The van der Waals surface area contributed by atoms with Gasteiger partial charge in [0, 0.05) is 77.3 Å². The first-order chi connectivity index (χ1) is 21.2. The SMILES string of the molecule is CCc1c(C)c(OC(=O)Oc2c(C)c(C(C)(C)/C=C(\C)N(C)C)c(OC(C)=O)c3ccccc23)c2ccccc2c1OC(C)=O. The first-order valence-corrected chi connectivity index (χ1v) is 14.9. The summed E-state index contributed by atoms with van der Waals surface area (Å²) in [5.41, 5.74) is 3.14. The van der Waals surface area contributed by atoms with E-state index in [9.17, 15) is 14.4 Å². The van der Waals surface area contributed by atoms with Crippen LogP contribution in [0.25, 0.3) is 21.5 Å². The standard InChI is InChI=1S/C37H41NO7/c1-11-26-22(3)32(27-16-12-14-18-29(27)34(26)42-24(5)39)44-36(41)45-33-23(4)31(37(7,8)20-21(2)38(9)10)35(43-25(6)40)30-19-15-13-17-28(30)33/h12-20H,11H2,1-10H3/b21-20+. The molecule has 45 heavy (non-hydrogen) atoms. The number of nitrogens with zero attached hydrogens (tertiary/aromatic N) is 1. The number of hydrogen-bond donors (Lipinski definition) is 0. The lowest BCUT2D eigenvalue weighted by Crippen LogP contribution is -2.23. The highest BCUT2D eigenvalue weighted by Crippen LogP contribution is 2.47. The highest BCUT2D eigenvalue weighted by Gasteiger charge is 2.32. The maximum atomic E-state index is 13.7. The number of carbonyl (C=O) groups is 3. The molecule has 0 aromatic heterocycles. The van der Waals surface area contributed by atoms with Gasteiger partial charge in [-0.25, -0.2) is 4.79 Å². The van der Waals surface area contributed by atoms with E-state index >= 15 is 0 Å². The lowest BCUT2D eigenvalue weighted by atomic mass is 9.78. The summed E-state index contributed by atoms with van der Waals surface area (Å²) in [5.74, 6) is 0.612. The Morgan fingerprint density at radius 1 is 0.689 bits per heavy atom. The van der Waals surface area contributed by atoms with Crippen molar-refractivity contribution < 1.29 is 33.3 Å². The molecule has 0 saturated carbocycles. The molecule has 4 aromatic rings. The van der Waals surface area contributed by atoms with Crippen LogP contribution in [0.3, 0.4) is 0 Å². The second-order valence-corrected chi connectivity index (χ2v) is 11.9. The Balaban J connectivity index is 1.90. The summed E-state index contributed by atoms with van der Waals surface area (Å²) in [6.45, 7) is 14.4. The van der Waals surface area contributed by atoms with E-state index in [0.717, 1.165) is 11.3 Å². The smallest absolute Gasteiger partial charge is 0.426 e. The Kier molecular flexibility index (Phi) is 9.56. The van der Waals surface area contributed by atoms with Gasteiger partial charge < -0.3 is 23.8 Å². The molecule has 8 nitrogen and oxygen atoms in total. The number of allylic oxidation sites excluding steroid dienone is 2. The van der Waals surface area contributed by atoms with E-state index in [0.29, 0.717) is 67.7 Å². The number of rotatable bonds is 8. The molecular formula is C37H41NO7. The molecule has 0 fully saturated rings. The largest absolute Gasteiger partial charge is 0.519 e. The Bertz CT molecular complexity index is 1850. The van der Waals surface area contributed by atoms with Crippen molar-refractivity contribution in [3.63, 3.8) is 0 Å². The summed E-state index contributed by atoms with van der Waals surface area (Å²) in [6.07, 6.45) is 1.71. The predicted molar refractivity (Wildman–Crippen MR) is 176 cm³/mol. The van der Waals surface area contributed by atoms with Crippen LogP contribution in [0.15, 0.2) is 60.3 Å². The monoisotopic (exact) mass is 611 g/mol. The molecule has 236 valence electrons. The molecule has 4 aromatic carbocycles. The van der Waals surface area contributed by atoms with Crippen molar-refractivity contribution in [3.8, 4) is 23.0 Å². The zero-order valence-corrected chi connectivity index (χ0v) is 27.7. The molecular weight excluding hydrogens is 570 g/mol. The Hall–Kier alpha value is -4.85. The minimum absolute atomic E-state index is 0.305. The average Bonchev–Trinajstić information content (AvgIpc) is 2.96. The van der Waals surface area contributed by atoms with Gasteiger partial charge in [-0.1, -0.05) is 75.4 Å². The van der Waals surface area contributed by atoms with Crippen molar-refractivity contribution in [1.82, 2.24) is 4.90 Å². The Morgan fingerprint density at radius 3 is 1.56 bits per heavy atom. The summed E-state index contributed by atoms with van der Waals surface area (Å²) in [6, 6.07) is 14.6. The maximum absolute atomic E-state index is 13.7. The molecule has 0 spiro atoms. The highest BCUT2D eigenvalue weighted by molar-refractivity contribution is 6.00. The number of benzene rings is 4. The molecule has 0 unspecified atom stereocenters. The van der Waals surface area contributed by atoms with Crippen LogP contribution in [0.1, 0.15) is 63.8 Å². The summed E-state index contributed by atoms with van der Waals surface area (Å²) < 4.78 is 23.5. The van der Waals surface area contributed by atoms with Crippen LogP contribution < -0.4 is 18.9 Å². The number of ether oxygens (including phenoxy) is 4. The fourth-order valence-corrected chi connectivity index (χ4v) is 5.94. The van der Waals surface area contributed by atoms with Gasteiger partial charge in [-0.2, -0.15) is 0 Å². The highest BCUT2D eigenvalue weighted by atomic mass is 16.7. The maximum Gasteiger partial charge on any atom is 0.519 e. The summed E-state index contributed by atoms with van der Waals surface area (Å²) in [7, 11) is 3.92. The van der Waals surface area contributed by atoms with Gasteiger partial charge in [0.25, 0.3) is 0 Å². The zero-order valence-electron chi connectivity index (χ0n) is 27.7. The van der Waals surface area contributed by atoms with E-state index < -0.39 is 23.5 Å². The van der Waals surface area contributed by atoms with Gasteiger partial charge in [-0.3, -0.25) is 9.59 Å². The molecule has 0 bridgehead atoms. The molecule has 0 saturated heterocycles. The number of fused-ring (bicyclic) bond motifs is 2. The van der Waals surface area contributed by atoms with Crippen molar-refractivity contribution in [2.45, 2.75) is 67.2 Å². The first kappa shape index (κ1) is 33.1. The second-order valence-electron chi connectivity index (χ2n) is 11.9. The van der Waals surface area contributed by atoms with Crippen molar-refractivity contribution in [1.29, 1.82) is 0 Å². The van der Waals surface area contributed by atoms with Crippen molar-refractivity contribution >= 4 is 39.6 Å².